The summed E-state index contributed by atoms with van der Waals surface area (Å²) in [5.41, 5.74) is 3.14. The maximum absolute atomic E-state index is 6.83. The molecule has 0 saturated carbocycles. The molecule has 0 spiro atoms. The van der Waals surface area contributed by atoms with Crippen LogP contribution in [0.15, 0.2) is 43.0 Å². The van der Waals surface area contributed by atoms with Gasteiger partial charge in [0.15, 0.2) is 11.9 Å². The lowest BCUT2D eigenvalue weighted by atomic mass is 9.87. The fourth-order valence-corrected chi connectivity index (χ4v) is 7.93. The Kier molecular flexibility index (Phi) is 6.11. The number of hydrogen-bond donors (Lipinski definition) is 0. The topological polar surface area (TPSA) is 83.8 Å². The highest BCUT2D eigenvalue weighted by Crippen LogP contribution is 2.64. The van der Waals surface area contributed by atoms with Crippen molar-refractivity contribution in [2.24, 2.45) is 0 Å². The predicted molar refractivity (Wildman–Crippen MR) is 131 cm³/mol. The molecular weight excluding hydrogens is 465 g/mol. The van der Waals surface area contributed by atoms with E-state index in [0.717, 1.165) is 42.7 Å². The molecule has 3 aliphatic rings. The van der Waals surface area contributed by atoms with Gasteiger partial charge in [-0.25, -0.2) is 19.6 Å². The maximum atomic E-state index is 6.83. The first-order valence-corrected chi connectivity index (χ1v) is 13.5. The van der Waals surface area contributed by atoms with Gasteiger partial charge in [-0.1, -0.05) is 37.3 Å². The van der Waals surface area contributed by atoms with Crippen LogP contribution in [0.1, 0.15) is 50.6 Å². The largest absolute Gasteiger partial charge is 0.374 e. The summed E-state index contributed by atoms with van der Waals surface area (Å²) < 4.78 is 30.5. The molecule has 7 atom stereocenters. The van der Waals surface area contributed by atoms with Crippen LogP contribution in [-0.4, -0.2) is 62.2 Å². The summed E-state index contributed by atoms with van der Waals surface area (Å²) in [6.07, 6.45) is 5.22. The molecule has 2 aromatic heterocycles. The Morgan fingerprint density at radius 2 is 2.00 bits per heavy atom. The highest BCUT2D eigenvalue weighted by Gasteiger charge is 2.57. The van der Waals surface area contributed by atoms with Gasteiger partial charge in [-0.3, -0.25) is 4.57 Å². The maximum Gasteiger partial charge on any atom is 0.260 e. The van der Waals surface area contributed by atoms with E-state index in [1.165, 1.54) is 5.56 Å². The lowest BCUT2D eigenvalue weighted by Gasteiger charge is -2.29. The molecule has 0 N–H and O–H groups in total. The quantitative estimate of drug-likeness (QED) is 0.461. The lowest BCUT2D eigenvalue weighted by Crippen LogP contribution is -2.37. The number of imidazole rings is 1. The summed E-state index contributed by atoms with van der Waals surface area (Å²) in [4.78, 5) is 13.3. The SMILES string of the molecule is CC[C@H]1O[C@@H](n2cnc3c(C)ncnc32)C(OC)[C@H]1O[P@@]1O[C@](C)(c2ccccc2)[C@@H]2CCCN21. The van der Waals surface area contributed by atoms with Crippen LogP contribution in [0.2, 0.25) is 0 Å². The highest BCUT2D eigenvalue weighted by molar-refractivity contribution is 7.45. The molecule has 3 aromatic rings. The second-order valence-electron chi connectivity index (χ2n) is 9.65. The number of fused-ring (bicyclic) bond motifs is 2. The number of methoxy groups -OCH3 is 1. The summed E-state index contributed by atoms with van der Waals surface area (Å²) in [6.45, 7) is 7.23. The summed E-state index contributed by atoms with van der Waals surface area (Å²) in [5, 5.41) is 0. The van der Waals surface area contributed by atoms with Gasteiger partial charge in [-0.2, -0.15) is 0 Å². The van der Waals surface area contributed by atoms with Gasteiger partial charge in [0, 0.05) is 13.7 Å². The molecular formula is C25H32N5O4P. The van der Waals surface area contributed by atoms with Crippen molar-refractivity contribution in [1.82, 2.24) is 24.2 Å². The van der Waals surface area contributed by atoms with Crippen molar-refractivity contribution in [3.63, 3.8) is 0 Å². The molecule has 9 nitrogen and oxygen atoms in total. The molecule has 3 saturated heterocycles. The first-order valence-electron chi connectivity index (χ1n) is 12.4. The van der Waals surface area contributed by atoms with Gasteiger partial charge in [-0.15, -0.1) is 0 Å². The van der Waals surface area contributed by atoms with Gasteiger partial charge in [0.2, 0.25) is 0 Å². The van der Waals surface area contributed by atoms with Crippen LogP contribution in [0.5, 0.6) is 0 Å². The molecule has 3 aliphatic heterocycles. The molecule has 5 heterocycles. The number of hydrogen-bond acceptors (Lipinski definition) is 8. The number of nitrogens with zero attached hydrogens (tertiary/aromatic N) is 5. The van der Waals surface area contributed by atoms with Crippen LogP contribution >= 0.6 is 8.53 Å². The molecule has 10 heteroatoms. The second-order valence-corrected chi connectivity index (χ2v) is 11.0. The Morgan fingerprint density at radius 3 is 2.77 bits per heavy atom. The Morgan fingerprint density at radius 1 is 1.17 bits per heavy atom. The molecule has 0 bridgehead atoms. The normalized spacial score (nSPS) is 35.2. The van der Waals surface area contributed by atoms with Crippen molar-refractivity contribution < 1.29 is 18.5 Å². The van der Waals surface area contributed by atoms with Gasteiger partial charge in [-0.05, 0) is 38.7 Å². The zero-order valence-corrected chi connectivity index (χ0v) is 21.5. The van der Waals surface area contributed by atoms with Crippen LogP contribution in [0.3, 0.4) is 0 Å². The molecule has 1 aromatic carbocycles. The molecule has 35 heavy (non-hydrogen) atoms. The molecule has 3 fully saturated rings. The van der Waals surface area contributed by atoms with E-state index in [2.05, 4.69) is 57.7 Å². The number of benzene rings is 1. The van der Waals surface area contributed by atoms with E-state index in [4.69, 9.17) is 18.5 Å². The van der Waals surface area contributed by atoms with Crippen molar-refractivity contribution in [2.45, 2.75) is 76.2 Å². The monoisotopic (exact) mass is 497 g/mol. The van der Waals surface area contributed by atoms with E-state index in [-0.39, 0.29) is 18.3 Å². The Hall–Kier alpha value is -2.00. The van der Waals surface area contributed by atoms with Crippen LogP contribution in [0.4, 0.5) is 0 Å². The summed E-state index contributed by atoms with van der Waals surface area (Å²) in [7, 11) is 0.446. The molecule has 0 radical (unpaired) electrons. The van der Waals surface area contributed by atoms with Crippen molar-refractivity contribution >= 4 is 19.7 Å². The van der Waals surface area contributed by atoms with Gasteiger partial charge in [0.1, 0.15) is 29.7 Å². The minimum atomic E-state index is -1.27. The van der Waals surface area contributed by atoms with Crippen LogP contribution in [0, 0.1) is 6.92 Å². The zero-order chi connectivity index (χ0) is 24.2. The van der Waals surface area contributed by atoms with E-state index in [1.807, 2.05) is 17.6 Å². The fraction of sp³-hybridized carbons (Fsp3) is 0.560. The van der Waals surface area contributed by atoms with Crippen molar-refractivity contribution in [1.29, 1.82) is 0 Å². The van der Waals surface area contributed by atoms with Gasteiger partial charge < -0.3 is 18.5 Å². The van der Waals surface area contributed by atoms with Crippen molar-refractivity contribution in [3.8, 4) is 0 Å². The summed E-state index contributed by atoms with van der Waals surface area (Å²) >= 11 is 0. The van der Waals surface area contributed by atoms with Crippen LogP contribution in [-0.2, 0) is 24.1 Å². The third-order valence-corrected chi connectivity index (χ3v) is 9.53. The van der Waals surface area contributed by atoms with Crippen LogP contribution in [0.25, 0.3) is 11.2 Å². The van der Waals surface area contributed by atoms with Crippen molar-refractivity contribution in [3.05, 3.63) is 54.2 Å². The first-order chi connectivity index (χ1) is 17.0. The number of ether oxygens (including phenoxy) is 2. The number of aromatic nitrogens is 4. The Labute approximate surface area is 206 Å². The predicted octanol–water partition coefficient (Wildman–Crippen LogP) is 4.48. The van der Waals surface area contributed by atoms with E-state index in [1.54, 1.807) is 19.8 Å². The zero-order valence-electron chi connectivity index (χ0n) is 20.6. The minimum absolute atomic E-state index is 0.138. The Bertz CT molecular complexity index is 1200. The molecule has 186 valence electrons. The molecule has 0 aliphatic carbocycles. The standard InChI is InChI=1S/C25H32N5O4P/c1-5-18-21(22(31-4)24(32-18)29-15-28-20-16(2)26-14-27-23(20)29)33-35-30-13-9-12-19(30)25(3,34-35)17-10-7-6-8-11-17/h6-8,10-11,14-15,18-19,21-22,24H,5,9,12-13H2,1-4H3/t18-,19+,21+,22?,24-,25-,35+/m1/s1. The van der Waals surface area contributed by atoms with E-state index in [0.29, 0.717) is 6.04 Å². The average Bonchev–Trinajstić information content (AvgIpc) is 3.64. The minimum Gasteiger partial charge on any atom is -0.374 e. The van der Waals surface area contributed by atoms with Gasteiger partial charge in [0.05, 0.1) is 24.2 Å². The van der Waals surface area contributed by atoms with E-state index < -0.39 is 20.4 Å². The molecule has 0 amide bonds. The third kappa shape index (κ3) is 3.72. The molecule has 1 unspecified atom stereocenters. The van der Waals surface area contributed by atoms with Crippen LogP contribution < -0.4 is 0 Å². The molecule has 6 rings (SSSR count). The van der Waals surface area contributed by atoms with Gasteiger partial charge in [0.25, 0.3) is 8.53 Å². The average molecular weight is 498 g/mol. The highest BCUT2D eigenvalue weighted by atomic mass is 31.2. The number of rotatable bonds is 6. The van der Waals surface area contributed by atoms with E-state index in [9.17, 15) is 0 Å². The fourth-order valence-electron chi connectivity index (χ4n) is 5.78. The number of aryl methyl sites for hydroxylation is 1. The first kappa shape index (κ1) is 23.4. The second kappa shape index (κ2) is 9.14. The lowest BCUT2D eigenvalue weighted by molar-refractivity contribution is -0.0494. The Balaban J connectivity index is 1.30. The summed E-state index contributed by atoms with van der Waals surface area (Å²) in [5.74, 6) is 0. The summed E-state index contributed by atoms with van der Waals surface area (Å²) in [6, 6.07) is 10.8. The third-order valence-electron chi connectivity index (χ3n) is 7.67. The van der Waals surface area contributed by atoms with Gasteiger partial charge >= 0.3 is 0 Å². The smallest absolute Gasteiger partial charge is 0.260 e. The van der Waals surface area contributed by atoms with Crippen molar-refractivity contribution in [2.75, 3.05) is 13.7 Å². The van der Waals surface area contributed by atoms with E-state index >= 15 is 0 Å².